The first-order valence-electron chi connectivity index (χ1n) is 6.65. The number of hydrogen-bond donors (Lipinski definition) is 3. The maximum absolute atomic E-state index is 12.0. The number of aliphatic imine (C=N–C) groups is 1. The number of pyridine rings is 1. The molecule has 1 heterocycles. The molecule has 0 amide bonds. The maximum Gasteiger partial charge on any atom is 0.261 e. The van der Waals surface area contributed by atoms with Gasteiger partial charge in [-0.15, -0.1) is 0 Å². The summed E-state index contributed by atoms with van der Waals surface area (Å²) in [5.74, 6) is 0.348. The van der Waals surface area contributed by atoms with E-state index in [0.29, 0.717) is 23.4 Å². The monoisotopic (exact) mass is 303 g/mol. The van der Waals surface area contributed by atoms with Gasteiger partial charge < -0.3 is 15.4 Å². The Balaban J connectivity index is 2.30. The van der Waals surface area contributed by atoms with Crippen LogP contribution in [0.3, 0.4) is 0 Å². The Kier molecular flexibility index (Phi) is 4.70. The van der Waals surface area contributed by atoms with Crippen LogP contribution in [0.2, 0.25) is 0 Å². The summed E-state index contributed by atoms with van der Waals surface area (Å²) < 4.78 is 0. The highest BCUT2D eigenvalue weighted by atomic mass is 32.1. The lowest BCUT2D eigenvalue weighted by atomic mass is 10.1. The molecule has 0 fully saturated rings. The highest BCUT2D eigenvalue weighted by Gasteiger charge is 2.09. The molecule has 0 unspecified atom stereocenters. The average Bonchev–Trinajstić information content (AvgIpc) is 2.45. The molecule has 0 aliphatic rings. The van der Waals surface area contributed by atoms with Crippen LogP contribution < -0.4 is 10.9 Å². The highest BCUT2D eigenvalue weighted by Crippen LogP contribution is 2.23. The normalized spacial score (nSPS) is 11.4. The van der Waals surface area contributed by atoms with Gasteiger partial charge in [-0.05, 0) is 30.3 Å². The summed E-state index contributed by atoms with van der Waals surface area (Å²) in [6, 6.07) is 7.03. The second kappa shape index (κ2) is 6.49. The van der Waals surface area contributed by atoms with Crippen molar-refractivity contribution in [3.63, 3.8) is 0 Å². The lowest BCUT2D eigenvalue weighted by Gasteiger charge is -2.06. The second-order valence-electron chi connectivity index (χ2n) is 5.10. The van der Waals surface area contributed by atoms with Crippen LogP contribution in [0.1, 0.15) is 19.4 Å². The van der Waals surface area contributed by atoms with E-state index in [-0.39, 0.29) is 16.4 Å². The van der Waals surface area contributed by atoms with Gasteiger partial charge in [0.15, 0.2) is 5.11 Å². The topological polar surface area (TPSA) is 77.5 Å². The molecule has 1 aromatic carbocycles. The van der Waals surface area contributed by atoms with Gasteiger partial charge in [0, 0.05) is 18.1 Å². The lowest BCUT2D eigenvalue weighted by Crippen LogP contribution is -2.24. The number of aromatic nitrogens is 1. The zero-order valence-electron chi connectivity index (χ0n) is 11.9. The molecule has 2 aromatic rings. The summed E-state index contributed by atoms with van der Waals surface area (Å²) in [5.41, 5.74) is 0.279. The summed E-state index contributed by atoms with van der Waals surface area (Å²) in [7, 11) is 0. The van der Waals surface area contributed by atoms with E-state index in [1.165, 1.54) is 6.21 Å². The molecule has 6 heteroatoms. The Bertz CT molecular complexity index is 750. The zero-order chi connectivity index (χ0) is 15.4. The summed E-state index contributed by atoms with van der Waals surface area (Å²) >= 11 is 5.05. The standard InChI is InChI=1S/C15H17N3O2S/c1-9(2)7-16-15(21)17-8-11-13(19)10-5-3-4-6-12(10)18-14(11)20/h3-6,8-9H,7H2,1-2H3,(H,16,21)(H2,18,19,20). The molecule has 0 bridgehead atoms. The van der Waals surface area contributed by atoms with Gasteiger partial charge in [-0.3, -0.25) is 4.79 Å². The van der Waals surface area contributed by atoms with Crippen LogP contribution in [0.15, 0.2) is 34.1 Å². The van der Waals surface area contributed by atoms with Crippen LogP contribution in [-0.4, -0.2) is 28.0 Å². The van der Waals surface area contributed by atoms with Crippen molar-refractivity contribution < 1.29 is 5.11 Å². The third kappa shape index (κ3) is 3.66. The van der Waals surface area contributed by atoms with Gasteiger partial charge in [0.05, 0.1) is 5.52 Å². The van der Waals surface area contributed by atoms with E-state index >= 15 is 0 Å². The number of aromatic amines is 1. The minimum Gasteiger partial charge on any atom is -0.506 e. The summed E-state index contributed by atoms with van der Waals surface area (Å²) in [6.07, 6.45) is 1.29. The highest BCUT2D eigenvalue weighted by molar-refractivity contribution is 7.80. The maximum atomic E-state index is 12.0. The number of nitrogens with one attached hydrogen (secondary N) is 2. The van der Waals surface area contributed by atoms with Crippen LogP contribution in [0.25, 0.3) is 10.9 Å². The Morgan fingerprint density at radius 1 is 1.48 bits per heavy atom. The average molecular weight is 303 g/mol. The number of benzene rings is 1. The number of rotatable bonds is 3. The van der Waals surface area contributed by atoms with E-state index in [1.807, 2.05) is 0 Å². The van der Waals surface area contributed by atoms with Crippen molar-refractivity contribution >= 4 is 34.4 Å². The number of nitrogens with zero attached hydrogens (tertiary/aromatic N) is 1. The SMILES string of the molecule is CC(C)CNC(=S)N=Cc1c(O)c2ccccc2[nH]c1=O. The van der Waals surface area contributed by atoms with Crippen LogP contribution >= 0.6 is 12.2 Å². The van der Waals surface area contributed by atoms with Crippen molar-refractivity contribution in [3.05, 3.63) is 40.2 Å². The molecule has 0 atom stereocenters. The van der Waals surface area contributed by atoms with Crippen molar-refractivity contribution in [3.8, 4) is 5.75 Å². The van der Waals surface area contributed by atoms with E-state index in [4.69, 9.17) is 12.2 Å². The molecule has 0 aliphatic heterocycles. The van der Waals surface area contributed by atoms with Gasteiger partial charge in [0.1, 0.15) is 11.3 Å². The molecule has 0 saturated carbocycles. The molecular formula is C15H17N3O2S. The molecule has 110 valence electrons. The van der Waals surface area contributed by atoms with E-state index in [9.17, 15) is 9.90 Å². The van der Waals surface area contributed by atoms with Gasteiger partial charge in [-0.1, -0.05) is 26.0 Å². The molecule has 0 radical (unpaired) electrons. The van der Waals surface area contributed by atoms with Gasteiger partial charge in [-0.2, -0.15) is 0 Å². The summed E-state index contributed by atoms with van der Waals surface area (Å²) in [6.45, 7) is 4.81. The molecule has 2 rings (SSSR count). The first-order valence-corrected chi connectivity index (χ1v) is 7.05. The fourth-order valence-corrected chi connectivity index (χ4v) is 1.96. The fraction of sp³-hybridized carbons (Fsp3) is 0.267. The molecule has 3 N–H and O–H groups in total. The quantitative estimate of drug-likeness (QED) is 0.600. The molecule has 0 saturated heterocycles. The first-order chi connectivity index (χ1) is 9.99. The predicted octanol–water partition coefficient (Wildman–Crippen LogP) is 2.18. The number of para-hydroxylation sites is 1. The van der Waals surface area contributed by atoms with E-state index < -0.39 is 5.56 Å². The van der Waals surface area contributed by atoms with Crippen LogP contribution in [-0.2, 0) is 0 Å². The van der Waals surface area contributed by atoms with Crippen molar-refractivity contribution in [2.24, 2.45) is 10.9 Å². The van der Waals surface area contributed by atoms with Crippen LogP contribution in [0, 0.1) is 5.92 Å². The van der Waals surface area contributed by atoms with Crippen LogP contribution in [0.5, 0.6) is 5.75 Å². The fourth-order valence-electron chi connectivity index (χ4n) is 1.82. The Morgan fingerprint density at radius 3 is 2.90 bits per heavy atom. The molecule has 0 spiro atoms. The number of hydrogen-bond acceptors (Lipinski definition) is 3. The number of aromatic hydroxyl groups is 1. The smallest absolute Gasteiger partial charge is 0.261 e. The van der Waals surface area contributed by atoms with Gasteiger partial charge >= 0.3 is 0 Å². The zero-order valence-corrected chi connectivity index (χ0v) is 12.7. The minimum absolute atomic E-state index is 0.0928. The van der Waals surface area contributed by atoms with Crippen molar-refractivity contribution in [2.45, 2.75) is 13.8 Å². The van der Waals surface area contributed by atoms with Crippen molar-refractivity contribution in [1.82, 2.24) is 10.3 Å². The summed E-state index contributed by atoms with van der Waals surface area (Å²) in [5, 5.41) is 14.0. The third-order valence-electron chi connectivity index (χ3n) is 2.90. The second-order valence-corrected chi connectivity index (χ2v) is 5.49. The molecular weight excluding hydrogens is 286 g/mol. The summed E-state index contributed by atoms with van der Waals surface area (Å²) in [4.78, 5) is 18.7. The Labute approximate surface area is 127 Å². The molecule has 21 heavy (non-hydrogen) atoms. The molecule has 0 aliphatic carbocycles. The van der Waals surface area contributed by atoms with Gasteiger partial charge in [0.2, 0.25) is 0 Å². The Hall–Kier alpha value is -2.21. The molecule has 1 aromatic heterocycles. The Morgan fingerprint density at radius 2 is 2.19 bits per heavy atom. The van der Waals surface area contributed by atoms with E-state index in [0.717, 1.165) is 0 Å². The third-order valence-corrected chi connectivity index (χ3v) is 3.15. The minimum atomic E-state index is -0.401. The van der Waals surface area contributed by atoms with Gasteiger partial charge in [-0.25, -0.2) is 4.99 Å². The van der Waals surface area contributed by atoms with Crippen LogP contribution in [0.4, 0.5) is 0 Å². The lowest BCUT2D eigenvalue weighted by molar-refractivity contribution is 0.479. The molecule has 5 nitrogen and oxygen atoms in total. The number of thiocarbonyl (C=S) groups is 1. The van der Waals surface area contributed by atoms with E-state index in [2.05, 4.69) is 29.1 Å². The first kappa shape index (κ1) is 15.2. The van der Waals surface area contributed by atoms with Crippen molar-refractivity contribution in [2.75, 3.05) is 6.54 Å². The predicted molar refractivity (Wildman–Crippen MR) is 89.3 cm³/mol. The van der Waals surface area contributed by atoms with Crippen molar-refractivity contribution in [1.29, 1.82) is 0 Å². The number of fused-ring (bicyclic) bond motifs is 1. The number of H-pyrrole nitrogens is 1. The largest absolute Gasteiger partial charge is 0.506 e. The van der Waals surface area contributed by atoms with E-state index in [1.54, 1.807) is 24.3 Å². The van der Waals surface area contributed by atoms with Gasteiger partial charge in [0.25, 0.3) is 5.56 Å².